The molecule has 0 saturated heterocycles. The normalized spacial score (nSPS) is 12.2. The first-order valence-corrected chi connectivity index (χ1v) is 12.0. The van der Waals surface area contributed by atoms with Gasteiger partial charge in [0.1, 0.15) is 11.2 Å². The molecule has 6 rings (SSSR count). The highest BCUT2D eigenvalue weighted by molar-refractivity contribution is 5.97. The van der Waals surface area contributed by atoms with Crippen LogP contribution in [-0.2, 0) is 4.79 Å². The second-order valence-corrected chi connectivity index (χ2v) is 8.84. The fourth-order valence-corrected chi connectivity index (χ4v) is 4.12. The zero-order chi connectivity index (χ0) is 25.4. The standard InChI is InChI=1S/C27H23N9O/c1-3-15(2)27(37)32-18-8-16(10-28-12-18)17-9-19-24(35-36-25(19)31-11-17)26-33-22-14-29-13-20(23(22)34-26)21-6-4-5-7-30-21/h4-15H,3H2,1-2H3,(H,32,37)(H,33,34)(H,31,35,36). The average Bonchev–Trinajstić information content (AvgIpc) is 3.56. The van der Waals surface area contributed by atoms with Crippen molar-refractivity contribution in [3.8, 4) is 33.9 Å². The summed E-state index contributed by atoms with van der Waals surface area (Å²) in [5.74, 6) is 0.512. The molecule has 0 fully saturated rings. The minimum Gasteiger partial charge on any atom is -0.335 e. The Bertz CT molecular complexity index is 1740. The van der Waals surface area contributed by atoms with Gasteiger partial charge < -0.3 is 10.3 Å². The molecule has 0 aliphatic carbocycles. The molecule has 3 N–H and O–H groups in total. The van der Waals surface area contributed by atoms with Crippen LogP contribution in [0.1, 0.15) is 20.3 Å². The van der Waals surface area contributed by atoms with Crippen LogP contribution in [0, 0.1) is 5.92 Å². The van der Waals surface area contributed by atoms with Crippen LogP contribution in [0.4, 0.5) is 5.69 Å². The van der Waals surface area contributed by atoms with Gasteiger partial charge in [0.2, 0.25) is 5.91 Å². The van der Waals surface area contributed by atoms with Crippen LogP contribution in [0.25, 0.3) is 56.0 Å². The van der Waals surface area contributed by atoms with Crippen molar-refractivity contribution >= 4 is 33.7 Å². The molecule has 0 radical (unpaired) electrons. The number of hydrogen-bond donors (Lipinski definition) is 3. The van der Waals surface area contributed by atoms with Gasteiger partial charge in [0.15, 0.2) is 11.5 Å². The van der Waals surface area contributed by atoms with Crippen LogP contribution in [0.2, 0.25) is 0 Å². The smallest absolute Gasteiger partial charge is 0.227 e. The van der Waals surface area contributed by atoms with E-state index in [9.17, 15) is 4.79 Å². The lowest BCUT2D eigenvalue weighted by Gasteiger charge is -2.10. The number of aromatic nitrogens is 8. The highest BCUT2D eigenvalue weighted by Gasteiger charge is 2.17. The Morgan fingerprint density at radius 2 is 1.89 bits per heavy atom. The van der Waals surface area contributed by atoms with Gasteiger partial charge in [0, 0.05) is 47.4 Å². The number of nitrogens with zero attached hydrogens (tertiary/aromatic N) is 6. The maximum atomic E-state index is 12.3. The van der Waals surface area contributed by atoms with E-state index in [0.29, 0.717) is 22.9 Å². The van der Waals surface area contributed by atoms with Crippen LogP contribution in [0.3, 0.4) is 0 Å². The summed E-state index contributed by atoms with van der Waals surface area (Å²) in [6, 6.07) is 9.62. The van der Waals surface area contributed by atoms with Gasteiger partial charge in [-0.05, 0) is 30.7 Å². The Hall–Kier alpha value is -4.99. The Morgan fingerprint density at radius 3 is 2.73 bits per heavy atom. The topological polar surface area (TPSA) is 138 Å². The molecule has 1 amide bonds. The van der Waals surface area contributed by atoms with Crippen molar-refractivity contribution < 1.29 is 4.79 Å². The Kier molecular flexibility index (Phi) is 5.61. The van der Waals surface area contributed by atoms with E-state index in [-0.39, 0.29) is 11.8 Å². The molecule has 0 spiro atoms. The van der Waals surface area contributed by atoms with Gasteiger partial charge in [-0.3, -0.25) is 24.8 Å². The maximum absolute atomic E-state index is 12.3. The van der Waals surface area contributed by atoms with Gasteiger partial charge in [0.05, 0.1) is 34.7 Å². The van der Waals surface area contributed by atoms with Crippen molar-refractivity contribution in [3.63, 3.8) is 0 Å². The molecule has 37 heavy (non-hydrogen) atoms. The monoisotopic (exact) mass is 489 g/mol. The molecule has 1 atom stereocenters. The lowest BCUT2D eigenvalue weighted by molar-refractivity contribution is -0.119. The number of carbonyl (C=O) groups is 1. The first-order chi connectivity index (χ1) is 18.1. The molecular weight excluding hydrogens is 466 g/mol. The third-order valence-electron chi connectivity index (χ3n) is 6.38. The van der Waals surface area contributed by atoms with Gasteiger partial charge in [0.25, 0.3) is 0 Å². The number of carbonyl (C=O) groups excluding carboxylic acids is 1. The number of nitrogens with one attached hydrogen (secondary N) is 3. The lowest BCUT2D eigenvalue weighted by Crippen LogP contribution is -2.19. The van der Waals surface area contributed by atoms with E-state index in [0.717, 1.165) is 45.2 Å². The largest absolute Gasteiger partial charge is 0.335 e. The molecule has 0 aliphatic heterocycles. The molecule has 182 valence electrons. The SMILES string of the molecule is CCC(C)C(=O)Nc1cncc(-c2cnc3n[nH]c(-c4nc5c(-c6ccccn6)cncc5[nH]4)c3c2)c1. The average molecular weight is 490 g/mol. The fourth-order valence-electron chi connectivity index (χ4n) is 4.12. The number of hydrogen-bond acceptors (Lipinski definition) is 7. The van der Waals surface area contributed by atoms with E-state index in [2.05, 4.69) is 40.4 Å². The second kappa shape index (κ2) is 9.23. The Balaban J connectivity index is 1.39. The van der Waals surface area contributed by atoms with Crippen LogP contribution in [0.5, 0.6) is 0 Å². The summed E-state index contributed by atoms with van der Waals surface area (Å²) in [6.45, 7) is 3.89. The van der Waals surface area contributed by atoms with Gasteiger partial charge in [-0.1, -0.05) is 19.9 Å². The molecule has 0 aromatic carbocycles. The third kappa shape index (κ3) is 4.18. The highest BCUT2D eigenvalue weighted by atomic mass is 16.1. The molecule has 0 bridgehead atoms. The molecule has 1 unspecified atom stereocenters. The summed E-state index contributed by atoms with van der Waals surface area (Å²) >= 11 is 0. The summed E-state index contributed by atoms with van der Waals surface area (Å²) in [4.78, 5) is 38.2. The van der Waals surface area contributed by atoms with Crippen LogP contribution in [0.15, 0.2) is 67.5 Å². The van der Waals surface area contributed by atoms with Crippen LogP contribution in [-0.4, -0.2) is 46.0 Å². The fraction of sp³-hybridized carbons (Fsp3) is 0.148. The van der Waals surface area contributed by atoms with Crippen molar-refractivity contribution in [2.24, 2.45) is 5.92 Å². The number of pyridine rings is 4. The molecule has 6 heterocycles. The summed E-state index contributed by atoms with van der Waals surface area (Å²) in [6.07, 6.45) is 11.1. The van der Waals surface area contributed by atoms with E-state index < -0.39 is 0 Å². The summed E-state index contributed by atoms with van der Waals surface area (Å²) in [5, 5.41) is 11.2. The highest BCUT2D eigenvalue weighted by Crippen LogP contribution is 2.31. The summed E-state index contributed by atoms with van der Waals surface area (Å²) < 4.78 is 0. The first-order valence-electron chi connectivity index (χ1n) is 12.0. The molecule has 10 nitrogen and oxygen atoms in total. The number of anilines is 1. The number of imidazole rings is 1. The predicted molar refractivity (Wildman–Crippen MR) is 141 cm³/mol. The second-order valence-electron chi connectivity index (χ2n) is 8.84. The first kappa shape index (κ1) is 22.5. The van der Waals surface area contributed by atoms with E-state index in [4.69, 9.17) is 4.98 Å². The number of H-pyrrole nitrogens is 2. The predicted octanol–water partition coefficient (Wildman–Crippen LogP) is 5.00. The molecule has 10 heteroatoms. The minimum absolute atomic E-state index is 0.0309. The third-order valence-corrected chi connectivity index (χ3v) is 6.38. The van der Waals surface area contributed by atoms with Crippen LogP contribution < -0.4 is 5.32 Å². The molecule has 6 aromatic rings. The van der Waals surface area contributed by atoms with Crippen molar-refractivity contribution in [1.29, 1.82) is 0 Å². The van der Waals surface area contributed by atoms with Crippen molar-refractivity contribution in [2.75, 3.05) is 5.32 Å². The summed E-state index contributed by atoms with van der Waals surface area (Å²) in [7, 11) is 0. The Labute approximate surface area is 211 Å². The van der Waals surface area contributed by atoms with Crippen molar-refractivity contribution in [3.05, 3.63) is 67.5 Å². The quantitative estimate of drug-likeness (QED) is 0.299. The van der Waals surface area contributed by atoms with E-state index >= 15 is 0 Å². The zero-order valence-electron chi connectivity index (χ0n) is 20.2. The molecule has 6 aromatic heterocycles. The number of fused-ring (bicyclic) bond motifs is 2. The molecular formula is C27H23N9O. The molecule has 0 aliphatic rings. The van der Waals surface area contributed by atoms with Gasteiger partial charge >= 0.3 is 0 Å². The van der Waals surface area contributed by atoms with Gasteiger partial charge in [-0.25, -0.2) is 9.97 Å². The van der Waals surface area contributed by atoms with Gasteiger partial charge in [-0.15, -0.1) is 0 Å². The Morgan fingerprint density at radius 1 is 1.03 bits per heavy atom. The van der Waals surface area contributed by atoms with Crippen molar-refractivity contribution in [2.45, 2.75) is 20.3 Å². The number of rotatable bonds is 6. The molecule has 0 saturated carbocycles. The van der Waals surface area contributed by atoms with Crippen LogP contribution >= 0.6 is 0 Å². The number of amides is 1. The van der Waals surface area contributed by atoms with E-state index in [1.165, 1.54) is 0 Å². The van der Waals surface area contributed by atoms with Gasteiger partial charge in [-0.2, -0.15) is 5.10 Å². The summed E-state index contributed by atoms with van der Waals surface area (Å²) in [5.41, 5.74) is 6.78. The number of aromatic amines is 2. The van der Waals surface area contributed by atoms with E-state index in [1.807, 2.05) is 44.2 Å². The lowest BCUT2D eigenvalue weighted by atomic mass is 10.1. The minimum atomic E-state index is -0.0765. The zero-order valence-corrected chi connectivity index (χ0v) is 20.2. The van der Waals surface area contributed by atoms with E-state index in [1.54, 1.807) is 37.2 Å². The van der Waals surface area contributed by atoms with Crippen molar-refractivity contribution in [1.82, 2.24) is 40.1 Å². The maximum Gasteiger partial charge on any atom is 0.227 e.